The Balaban J connectivity index is 1.33. The molecule has 1 amide bonds. The van der Waals surface area contributed by atoms with Crippen LogP contribution in [0.3, 0.4) is 0 Å². The minimum Gasteiger partial charge on any atom is -0.457 e. The molecule has 2 N–H and O–H groups in total. The van der Waals surface area contributed by atoms with Gasteiger partial charge in [0, 0.05) is 12.1 Å². The zero-order chi connectivity index (χ0) is 26.6. The molecule has 9 nitrogen and oxygen atoms in total. The maximum atomic E-state index is 13.0. The fraction of sp³-hybridized carbons (Fsp3) is 0.379. The largest absolute Gasteiger partial charge is 0.457 e. The summed E-state index contributed by atoms with van der Waals surface area (Å²) in [5, 5.41) is 5.74. The third kappa shape index (κ3) is 4.42. The maximum Gasteiger partial charge on any atom is 0.410 e. The first-order chi connectivity index (χ1) is 18.2. The summed E-state index contributed by atoms with van der Waals surface area (Å²) in [6.45, 7) is 8.41. The van der Waals surface area contributed by atoms with Gasteiger partial charge in [-0.3, -0.25) is 0 Å². The van der Waals surface area contributed by atoms with E-state index in [1.165, 1.54) is 6.33 Å². The molecule has 6 rings (SSSR count). The van der Waals surface area contributed by atoms with Crippen LogP contribution in [0.2, 0.25) is 0 Å². The number of ether oxygens (including phenoxy) is 2. The molecule has 38 heavy (non-hydrogen) atoms. The summed E-state index contributed by atoms with van der Waals surface area (Å²) >= 11 is 0. The maximum absolute atomic E-state index is 13.0. The van der Waals surface area contributed by atoms with Crippen LogP contribution in [0.5, 0.6) is 11.5 Å². The zero-order valence-corrected chi connectivity index (χ0v) is 22.1. The van der Waals surface area contributed by atoms with Crippen molar-refractivity contribution in [2.24, 2.45) is 5.92 Å². The van der Waals surface area contributed by atoms with E-state index in [1.807, 2.05) is 85.8 Å². The molecule has 2 fully saturated rings. The Labute approximate surface area is 221 Å². The Morgan fingerprint density at radius 1 is 1.03 bits per heavy atom. The minimum absolute atomic E-state index is 0.00732. The topological polar surface area (TPSA) is 108 Å². The van der Waals surface area contributed by atoms with Crippen molar-refractivity contribution in [2.45, 2.75) is 58.2 Å². The standard InChI is InChI=1S/C29H32N6O3/c1-17-6-5-7-21(12-17)37-20-10-8-19(9-11-20)25-24-26(30)31-16-32-27(24)35(33-25)23-14-18-13-22(23)34(15-18)28(36)38-29(2,3)4/h5-12,16,18,22-23H,13-15H2,1-4H3,(H2,30,31,32). The minimum atomic E-state index is -0.545. The molecule has 196 valence electrons. The van der Waals surface area contributed by atoms with E-state index in [0.29, 0.717) is 35.0 Å². The molecule has 0 radical (unpaired) electrons. The lowest BCUT2D eigenvalue weighted by Gasteiger charge is -2.34. The van der Waals surface area contributed by atoms with E-state index in [-0.39, 0.29) is 18.2 Å². The van der Waals surface area contributed by atoms with Gasteiger partial charge in [0.2, 0.25) is 0 Å². The number of carbonyl (C=O) groups excluding carboxylic acids is 1. The van der Waals surface area contributed by atoms with E-state index >= 15 is 0 Å². The number of nitrogens with two attached hydrogens (primary N) is 1. The highest BCUT2D eigenvalue weighted by atomic mass is 16.6. The fourth-order valence-corrected chi connectivity index (χ4v) is 5.71. The molecule has 3 unspecified atom stereocenters. The third-order valence-corrected chi connectivity index (χ3v) is 7.26. The number of benzene rings is 2. The molecule has 2 aliphatic rings. The number of fused-ring (bicyclic) bond motifs is 3. The molecule has 3 atom stereocenters. The quantitative estimate of drug-likeness (QED) is 0.371. The molecular formula is C29H32N6O3. The lowest BCUT2D eigenvalue weighted by atomic mass is 10.1. The van der Waals surface area contributed by atoms with Crippen molar-refractivity contribution in [1.82, 2.24) is 24.6 Å². The average molecular weight is 513 g/mol. The normalized spacial score (nSPS) is 20.7. The van der Waals surface area contributed by atoms with Crippen molar-refractivity contribution in [3.63, 3.8) is 0 Å². The second-order valence-electron chi connectivity index (χ2n) is 11.3. The van der Waals surface area contributed by atoms with Crippen molar-refractivity contribution >= 4 is 22.9 Å². The summed E-state index contributed by atoms with van der Waals surface area (Å²) < 4.78 is 13.7. The molecule has 1 saturated heterocycles. The van der Waals surface area contributed by atoms with Crippen molar-refractivity contribution in [2.75, 3.05) is 12.3 Å². The van der Waals surface area contributed by atoms with E-state index in [4.69, 9.17) is 20.3 Å². The Bertz CT molecular complexity index is 1510. The smallest absolute Gasteiger partial charge is 0.410 e. The second-order valence-corrected chi connectivity index (χ2v) is 11.3. The number of aromatic nitrogens is 4. The van der Waals surface area contributed by atoms with Crippen molar-refractivity contribution in [1.29, 1.82) is 0 Å². The van der Waals surface area contributed by atoms with Gasteiger partial charge in [0.25, 0.3) is 0 Å². The van der Waals surface area contributed by atoms with Crippen LogP contribution in [-0.4, -0.2) is 48.9 Å². The molecule has 2 bridgehead atoms. The molecule has 4 aromatic rings. The predicted octanol–water partition coefficient (Wildman–Crippen LogP) is 5.75. The molecule has 2 aromatic heterocycles. The summed E-state index contributed by atoms with van der Waals surface area (Å²) in [4.78, 5) is 23.7. The second kappa shape index (κ2) is 9.01. The molecule has 0 spiro atoms. The SMILES string of the molecule is Cc1cccc(Oc2ccc(-c3nn(C4CC5CC4N(C(=O)OC(C)(C)C)C5)c4ncnc(N)c34)cc2)c1. The van der Waals surface area contributed by atoms with E-state index in [9.17, 15) is 4.79 Å². The van der Waals surface area contributed by atoms with Crippen molar-refractivity contribution in [3.05, 3.63) is 60.4 Å². The predicted molar refractivity (Wildman–Crippen MR) is 145 cm³/mol. The van der Waals surface area contributed by atoms with Crippen LogP contribution in [0.1, 0.15) is 45.2 Å². The number of likely N-dealkylation sites (tertiary alicyclic amines) is 1. The van der Waals surface area contributed by atoms with Gasteiger partial charge in [-0.25, -0.2) is 19.4 Å². The highest BCUT2D eigenvalue weighted by molar-refractivity contribution is 5.98. The van der Waals surface area contributed by atoms with Gasteiger partial charge in [0.1, 0.15) is 34.9 Å². The highest BCUT2D eigenvalue weighted by Gasteiger charge is 2.49. The lowest BCUT2D eigenvalue weighted by Crippen LogP contribution is -2.45. The Morgan fingerprint density at radius 2 is 1.79 bits per heavy atom. The summed E-state index contributed by atoms with van der Waals surface area (Å²) in [6, 6.07) is 15.7. The number of hydrogen-bond acceptors (Lipinski definition) is 7. The van der Waals surface area contributed by atoms with Crippen molar-refractivity contribution < 1.29 is 14.3 Å². The highest BCUT2D eigenvalue weighted by Crippen LogP contribution is 2.46. The average Bonchev–Trinajstić information content (AvgIpc) is 3.57. The molecular weight excluding hydrogens is 480 g/mol. The molecule has 3 heterocycles. The van der Waals surface area contributed by atoms with Gasteiger partial charge in [-0.1, -0.05) is 12.1 Å². The van der Waals surface area contributed by atoms with Crippen LogP contribution in [0.25, 0.3) is 22.3 Å². The van der Waals surface area contributed by atoms with E-state index in [0.717, 1.165) is 35.5 Å². The molecule has 1 saturated carbocycles. The van der Waals surface area contributed by atoms with E-state index in [1.54, 1.807) is 0 Å². The first-order valence-corrected chi connectivity index (χ1v) is 13.0. The summed E-state index contributed by atoms with van der Waals surface area (Å²) in [6.07, 6.45) is 3.04. The van der Waals surface area contributed by atoms with Gasteiger partial charge < -0.3 is 20.1 Å². The van der Waals surface area contributed by atoms with Crippen LogP contribution < -0.4 is 10.5 Å². The number of piperidine rings is 1. The van der Waals surface area contributed by atoms with Crippen LogP contribution in [0, 0.1) is 12.8 Å². The zero-order valence-electron chi connectivity index (χ0n) is 22.1. The number of nitrogen functional groups attached to an aromatic ring is 1. The van der Waals surface area contributed by atoms with E-state index in [2.05, 4.69) is 9.97 Å². The third-order valence-electron chi connectivity index (χ3n) is 7.26. The van der Waals surface area contributed by atoms with Gasteiger partial charge in [0.15, 0.2) is 5.65 Å². The first-order valence-electron chi connectivity index (χ1n) is 13.0. The van der Waals surface area contributed by atoms with Gasteiger partial charge in [-0.05, 0) is 88.4 Å². The van der Waals surface area contributed by atoms with Crippen LogP contribution in [0.15, 0.2) is 54.9 Å². The summed E-state index contributed by atoms with van der Waals surface area (Å²) in [5.41, 5.74) is 9.23. The molecule has 1 aliphatic heterocycles. The lowest BCUT2D eigenvalue weighted by molar-refractivity contribution is 0.0135. The number of rotatable bonds is 4. The fourth-order valence-electron chi connectivity index (χ4n) is 5.71. The first kappa shape index (κ1) is 24.2. The van der Waals surface area contributed by atoms with Gasteiger partial charge in [-0.2, -0.15) is 5.10 Å². The molecule has 1 aliphatic carbocycles. The number of carbonyl (C=O) groups is 1. The van der Waals surface area contributed by atoms with Crippen LogP contribution >= 0.6 is 0 Å². The molecule has 9 heteroatoms. The monoisotopic (exact) mass is 512 g/mol. The van der Waals surface area contributed by atoms with Crippen molar-refractivity contribution in [3.8, 4) is 22.8 Å². The Morgan fingerprint density at radius 3 is 2.50 bits per heavy atom. The van der Waals surface area contributed by atoms with Gasteiger partial charge in [-0.15, -0.1) is 0 Å². The Kier molecular flexibility index (Phi) is 5.74. The Hall–Kier alpha value is -4.14. The summed E-state index contributed by atoms with van der Waals surface area (Å²) in [7, 11) is 0. The number of anilines is 1. The number of hydrogen-bond donors (Lipinski definition) is 1. The van der Waals surface area contributed by atoms with Crippen LogP contribution in [-0.2, 0) is 4.74 Å². The molecule has 2 aromatic carbocycles. The summed E-state index contributed by atoms with van der Waals surface area (Å²) in [5.74, 6) is 2.30. The van der Waals surface area contributed by atoms with E-state index < -0.39 is 5.60 Å². The van der Waals surface area contributed by atoms with Gasteiger partial charge >= 0.3 is 6.09 Å². The number of aryl methyl sites for hydroxylation is 1. The van der Waals surface area contributed by atoms with Crippen LogP contribution in [0.4, 0.5) is 10.6 Å². The van der Waals surface area contributed by atoms with Gasteiger partial charge in [0.05, 0.1) is 17.5 Å². The number of nitrogens with zero attached hydrogens (tertiary/aromatic N) is 5. The number of amides is 1.